The number of rotatable bonds is 7. The topological polar surface area (TPSA) is 96.3 Å². The number of benzene rings is 2. The molecule has 0 unspecified atom stereocenters. The van der Waals surface area contributed by atoms with E-state index < -0.39 is 15.3 Å². The van der Waals surface area contributed by atoms with Crippen molar-refractivity contribution in [1.82, 2.24) is 5.32 Å². The summed E-state index contributed by atoms with van der Waals surface area (Å²) in [6.07, 6.45) is 0.916. The molecule has 6 nitrogen and oxygen atoms in total. The summed E-state index contributed by atoms with van der Waals surface area (Å²) in [5.74, 6) is 0.531. The van der Waals surface area contributed by atoms with E-state index in [2.05, 4.69) is 5.32 Å². The number of ether oxygens (including phenoxy) is 1. The minimum atomic E-state index is -3.67. The Morgan fingerprint density at radius 3 is 2.50 bits per heavy atom. The van der Waals surface area contributed by atoms with E-state index in [4.69, 9.17) is 10.00 Å². The second kappa shape index (κ2) is 8.72. The van der Waals surface area contributed by atoms with Crippen molar-refractivity contribution in [3.8, 4) is 11.8 Å². The van der Waals surface area contributed by atoms with E-state index in [1.165, 1.54) is 12.1 Å². The van der Waals surface area contributed by atoms with Crippen molar-refractivity contribution in [3.63, 3.8) is 0 Å². The second-order valence-electron chi connectivity index (χ2n) is 6.66. The molecule has 0 saturated heterocycles. The molecule has 146 valence electrons. The van der Waals surface area contributed by atoms with Gasteiger partial charge in [0.1, 0.15) is 5.75 Å². The number of allylic oxidation sites excluding steroid dienone is 1. The summed E-state index contributed by atoms with van der Waals surface area (Å²) >= 11 is 0. The maximum absolute atomic E-state index is 12.7. The van der Waals surface area contributed by atoms with E-state index in [0.29, 0.717) is 17.9 Å². The molecular weight excluding hydrogens is 376 g/mol. The molecular formula is C21H22N2O4S. The van der Waals surface area contributed by atoms with Gasteiger partial charge in [0.2, 0.25) is 15.7 Å². The highest BCUT2D eigenvalue weighted by Crippen LogP contribution is 2.25. The summed E-state index contributed by atoms with van der Waals surface area (Å²) in [5.41, 5.74) is 0.733. The van der Waals surface area contributed by atoms with Gasteiger partial charge in [-0.05, 0) is 49.2 Å². The molecule has 0 aromatic heterocycles. The summed E-state index contributed by atoms with van der Waals surface area (Å²) < 4.78 is 29.3. The van der Waals surface area contributed by atoms with Crippen molar-refractivity contribution in [2.24, 2.45) is 0 Å². The zero-order valence-corrected chi connectivity index (χ0v) is 16.8. The van der Waals surface area contributed by atoms with Crippen LogP contribution < -0.4 is 10.1 Å². The number of nitriles is 1. The summed E-state index contributed by atoms with van der Waals surface area (Å²) in [4.78, 5) is 12.8. The maximum Gasteiger partial charge on any atom is 0.230 e. The minimum absolute atomic E-state index is 0.0651. The lowest BCUT2D eigenvalue weighted by molar-refractivity contribution is -0.125. The third-order valence-electron chi connectivity index (χ3n) is 4.38. The Kier molecular flexibility index (Phi) is 6.60. The lowest BCUT2D eigenvalue weighted by Crippen LogP contribution is -2.39. The second-order valence-corrected chi connectivity index (χ2v) is 8.49. The van der Waals surface area contributed by atoms with E-state index in [9.17, 15) is 13.2 Å². The summed E-state index contributed by atoms with van der Waals surface area (Å²) in [6, 6.07) is 15.2. The van der Waals surface area contributed by atoms with Crippen LogP contribution in [0.1, 0.15) is 25.0 Å². The van der Waals surface area contributed by atoms with Crippen LogP contribution in [-0.2, 0) is 26.6 Å². The van der Waals surface area contributed by atoms with Crippen molar-refractivity contribution < 1.29 is 17.9 Å². The van der Waals surface area contributed by atoms with Crippen LogP contribution >= 0.6 is 0 Å². The predicted molar refractivity (Wildman–Crippen MR) is 106 cm³/mol. The molecule has 2 rings (SSSR count). The monoisotopic (exact) mass is 398 g/mol. The highest BCUT2D eigenvalue weighted by Gasteiger charge is 2.29. The smallest absolute Gasteiger partial charge is 0.230 e. The molecule has 28 heavy (non-hydrogen) atoms. The largest absolute Gasteiger partial charge is 0.497 e. The van der Waals surface area contributed by atoms with Gasteiger partial charge in [0.15, 0.2) is 0 Å². The molecule has 2 aromatic rings. The lowest BCUT2D eigenvalue weighted by Gasteiger charge is -2.24. The Hall–Kier alpha value is -3.11. The molecule has 0 aliphatic heterocycles. The van der Waals surface area contributed by atoms with E-state index in [-0.39, 0.29) is 10.8 Å². The number of amides is 1. The molecule has 2 aromatic carbocycles. The number of carbonyl (C=O) groups is 1. The summed E-state index contributed by atoms with van der Waals surface area (Å²) in [6.45, 7) is 3.89. The number of nitrogens with one attached hydrogen (secondary N) is 1. The van der Waals surface area contributed by atoms with Crippen LogP contribution in [0.3, 0.4) is 0 Å². The van der Waals surface area contributed by atoms with Crippen molar-refractivity contribution in [2.75, 3.05) is 7.11 Å². The first-order chi connectivity index (χ1) is 13.2. The molecule has 0 aliphatic rings. The molecule has 0 atom stereocenters. The molecule has 0 radical (unpaired) electrons. The highest BCUT2D eigenvalue weighted by atomic mass is 32.2. The van der Waals surface area contributed by atoms with E-state index in [1.54, 1.807) is 39.2 Å². The van der Waals surface area contributed by atoms with Gasteiger partial charge in [-0.2, -0.15) is 5.26 Å². The first-order valence-electron chi connectivity index (χ1n) is 8.54. The van der Waals surface area contributed by atoms with Crippen molar-refractivity contribution in [2.45, 2.75) is 30.7 Å². The molecule has 0 heterocycles. The third kappa shape index (κ3) is 4.99. The van der Waals surface area contributed by atoms with E-state index >= 15 is 0 Å². The van der Waals surface area contributed by atoms with Crippen LogP contribution in [0.4, 0.5) is 0 Å². The van der Waals surface area contributed by atoms with Gasteiger partial charge in [0.05, 0.1) is 23.5 Å². The van der Waals surface area contributed by atoms with Crippen LogP contribution in [-0.4, -0.2) is 21.4 Å². The van der Waals surface area contributed by atoms with Gasteiger partial charge in [-0.3, -0.25) is 4.79 Å². The molecule has 7 heteroatoms. The van der Waals surface area contributed by atoms with Crippen LogP contribution in [0.15, 0.2) is 64.9 Å². The lowest BCUT2D eigenvalue weighted by atomic mass is 9.83. The molecule has 1 N–H and O–H groups in total. The number of sulfone groups is 1. The predicted octanol–water partition coefficient (Wildman–Crippen LogP) is 3.10. The number of methoxy groups -OCH3 is 1. The normalized spacial score (nSPS) is 11.8. The van der Waals surface area contributed by atoms with Crippen molar-refractivity contribution in [3.05, 3.63) is 71.1 Å². The fourth-order valence-electron chi connectivity index (χ4n) is 2.58. The highest BCUT2D eigenvalue weighted by molar-refractivity contribution is 7.94. The van der Waals surface area contributed by atoms with Gasteiger partial charge in [-0.25, -0.2) is 8.42 Å². The Labute approximate surface area is 165 Å². The van der Waals surface area contributed by atoms with E-state index in [0.717, 1.165) is 17.0 Å². The minimum Gasteiger partial charge on any atom is -0.497 e. The molecule has 1 amide bonds. The molecule has 0 fully saturated rings. The van der Waals surface area contributed by atoms with Gasteiger partial charge >= 0.3 is 0 Å². The van der Waals surface area contributed by atoms with Gasteiger partial charge < -0.3 is 10.1 Å². The average molecular weight is 398 g/mol. The summed E-state index contributed by atoms with van der Waals surface area (Å²) in [5, 5.41) is 12.3. The quantitative estimate of drug-likeness (QED) is 0.723. The average Bonchev–Trinajstić information content (AvgIpc) is 2.70. The fraction of sp³-hybridized carbons (Fsp3) is 0.238. The third-order valence-corrected chi connectivity index (χ3v) is 5.80. The standard InChI is InChI=1S/C21H22N2O4S/c1-21(2,20(24)23-15-16-6-4-7-18(14-16)27-3)17-8-10-19(11-9-17)28(25,26)13-5-12-22/h4-11,13-14H,15H2,1-3H3,(H,23,24). The van der Waals surface area contributed by atoms with Gasteiger partial charge in [-0.15, -0.1) is 0 Å². The van der Waals surface area contributed by atoms with Crippen molar-refractivity contribution >= 4 is 15.7 Å². The van der Waals surface area contributed by atoms with Crippen LogP contribution in [0.5, 0.6) is 5.75 Å². The van der Waals surface area contributed by atoms with E-state index in [1.807, 2.05) is 24.3 Å². The SMILES string of the molecule is COc1cccc(CNC(=O)C(C)(C)c2ccc(S(=O)(=O)C=CC#N)cc2)c1. The van der Waals surface area contributed by atoms with Gasteiger partial charge in [0.25, 0.3) is 0 Å². The molecule has 0 aliphatic carbocycles. The van der Waals surface area contributed by atoms with Crippen LogP contribution in [0.2, 0.25) is 0 Å². The first-order valence-corrected chi connectivity index (χ1v) is 10.1. The fourth-order valence-corrected chi connectivity index (χ4v) is 3.49. The van der Waals surface area contributed by atoms with Crippen LogP contribution in [0.25, 0.3) is 0 Å². The van der Waals surface area contributed by atoms with Gasteiger partial charge in [0, 0.05) is 18.0 Å². The number of hydrogen-bond acceptors (Lipinski definition) is 5. The Bertz CT molecular complexity index is 1020. The Morgan fingerprint density at radius 2 is 1.89 bits per heavy atom. The molecule has 0 saturated carbocycles. The number of hydrogen-bond donors (Lipinski definition) is 1. The Balaban J connectivity index is 2.13. The summed E-state index contributed by atoms with van der Waals surface area (Å²) in [7, 11) is -2.09. The maximum atomic E-state index is 12.7. The van der Waals surface area contributed by atoms with Gasteiger partial charge in [-0.1, -0.05) is 24.3 Å². The zero-order chi connectivity index (χ0) is 20.8. The van der Waals surface area contributed by atoms with Crippen LogP contribution in [0, 0.1) is 11.3 Å². The number of carbonyl (C=O) groups excluding carboxylic acids is 1. The first kappa shape index (κ1) is 21.2. The zero-order valence-electron chi connectivity index (χ0n) is 16.0. The Morgan fingerprint density at radius 1 is 1.21 bits per heavy atom. The molecule has 0 spiro atoms. The molecule has 0 bridgehead atoms. The number of nitrogens with zero attached hydrogens (tertiary/aromatic N) is 1. The van der Waals surface area contributed by atoms with Crippen molar-refractivity contribution in [1.29, 1.82) is 5.26 Å².